The lowest BCUT2D eigenvalue weighted by Crippen LogP contribution is -2.40. The van der Waals surface area contributed by atoms with Crippen LogP contribution in [-0.4, -0.2) is 11.5 Å². The molecule has 1 N–H and O–H groups in total. The van der Waals surface area contributed by atoms with Gasteiger partial charge in [-0.2, -0.15) is 0 Å². The molecule has 1 heterocycles. The first-order valence-electron chi connectivity index (χ1n) is 7.09. The van der Waals surface area contributed by atoms with Gasteiger partial charge in [0.15, 0.2) is 0 Å². The van der Waals surface area contributed by atoms with Crippen LogP contribution in [0.4, 0.5) is 0 Å². The molecule has 0 spiro atoms. The number of hydrogen-bond donors (Lipinski definition) is 1. The van der Waals surface area contributed by atoms with E-state index in [1.807, 2.05) is 11.3 Å². The summed E-state index contributed by atoms with van der Waals surface area (Å²) in [4.78, 5) is 4.94. The number of rotatable bonds is 3. The highest BCUT2D eigenvalue weighted by Gasteiger charge is 2.41. The fourth-order valence-electron chi connectivity index (χ4n) is 2.90. The normalized spacial score (nSPS) is 28.8. The van der Waals surface area contributed by atoms with Gasteiger partial charge in [0.05, 0.1) is 11.2 Å². The maximum absolute atomic E-state index is 4.94. The van der Waals surface area contributed by atoms with E-state index < -0.39 is 0 Å². The Hall–Kier alpha value is -0.410. The largest absolute Gasteiger partial charge is 0.306 e. The maximum atomic E-state index is 4.94. The van der Waals surface area contributed by atoms with Gasteiger partial charge in [-0.15, -0.1) is 11.3 Å². The van der Waals surface area contributed by atoms with Crippen LogP contribution in [0.25, 0.3) is 0 Å². The first-order chi connectivity index (χ1) is 8.37. The molecule has 2 atom stereocenters. The van der Waals surface area contributed by atoms with Gasteiger partial charge in [-0.1, -0.05) is 34.6 Å². The van der Waals surface area contributed by atoms with Crippen molar-refractivity contribution in [2.75, 3.05) is 6.54 Å². The average molecular weight is 266 g/mol. The van der Waals surface area contributed by atoms with Crippen molar-refractivity contribution in [2.24, 2.45) is 5.92 Å². The van der Waals surface area contributed by atoms with Crippen LogP contribution < -0.4 is 5.32 Å². The van der Waals surface area contributed by atoms with E-state index >= 15 is 0 Å². The van der Waals surface area contributed by atoms with Gasteiger partial charge in [-0.05, 0) is 31.7 Å². The number of thiazole rings is 1. The molecule has 0 aliphatic heterocycles. The van der Waals surface area contributed by atoms with E-state index in [1.165, 1.54) is 30.0 Å². The van der Waals surface area contributed by atoms with Crippen LogP contribution in [0.5, 0.6) is 0 Å². The summed E-state index contributed by atoms with van der Waals surface area (Å²) < 4.78 is 0. The van der Waals surface area contributed by atoms with Gasteiger partial charge in [-0.25, -0.2) is 4.98 Å². The summed E-state index contributed by atoms with van der Waals surface area (Å²) in [5.74, 6) is 0.811. The summed E-state index contributed by atoms with van der Waals surface area (Å²) in [6.45, 7) is 12.3. The lowest BCUT2D eigenvalue weighted by molar-refractivity contribution is 0.336. The van der Waals surface area contributed by atoms with Crippen LogP contribution in [0.3, 0.4) is 0 Å². The summed E-state index contributed by atoms with van der Waals surface area (Å²) in [5.41, 5.74) is 1.55. The molecular weight excluding hydrogens is 240 g/mol. The lowest BCUT2D eigenvalue weighted by atomic mass is 9.92. The highest BCUT2D eigenvalue weighted by atomic mass is 32.1. The molecule has 102 valence electrons. The monoisotopic (exact) mass is 266 g/mol. The molecule has 0 saturated heterocycles. The molecule has 0 bridgehead atoms. The Balaban J connectivity index is 2.30. The fourth-order valence-corrected chi connectivity index (χ4v) is 4.16. The quantitative estimate of drug-likeness (QED) is 0.892. The molecule has 0 radical (unpaired) electrons. The Bertz CT molecular complexity index is 401. The van der Waals surface area contributed by atoms with E-state index in [9.17, 15) is 0 Å². The van der Waals surface area contributed by atoms with Gasteiger partial charge in [0.1, 0.15) is 5.01 Å². The topological polar surface area (TPSA) is 24.9 Å². The van der Waals surface area contributed by atoms with Crippen molar-refractivity contribution >= 4 is 11.3 Å². The minimum Gasteiger partial charge on any atom is -0.306 e. The van der Waals surface area contributed by atoms with Crippen LogP contribution in [0.15, 0.2) is 5.38 Å². The van der Waals surface area contributed by atoms with Gasteiger partial charge < -0.3 is 5.32 Å². The zero-order valence-corrected chi connectivity index (χ0v) is 13.2. The van der Waals surface area contributed by atoms with Gasteiger partial charge in [0, 0.05) is 10.8 Å². The zero-order valence-electron chi connectivity index (χ0n) is 12.3. The molecule has 2 nitrogen and oxygen atoms in total. The van der Waals surface area contributed by atoms with Crippen molar-refractivity contribution in [1.29, 1.82) is 0 Å². The molecule has 1 aliphatic carbocycles. The second kappa shape index (κ2) is 4.93. The fraction of sp³-hybridized carbons (Fsp3) is 0.800. The van der Waals surface area contributed by atoms with E-state index in [-0.39, 0.29) is 11.0 Å². The molecule has 1 saturated carbocycles. The van der Waals surface area contributed by atoms with Crippen molar-refractivity contribution < 1.29 is 0 Å². The van der Waals surface area contributed by atoms with E-state index in [0.29, 0.717) is 0 Å². The maximum Gasteiger partial charge on any atom is 0.113 e. The molecular formula is C15H26N2S. The van der Waals surface area contributed by atoms with Gasteiger partial charge in [-0.3, -0.25) is 0 Å². The third-order valence-electron chi connectivity index (χ3n) is 3.96. The van der Waals surface area contributed by atoms with Gasteiger partial charge >= 0.3 is 0 Å². The minimum atomic E-state index is 0.155. The van der Waals surface area contributed by atoms with Crippen LogP contribution >= 0.6 is 11.3 Å². The summed E-state index contributed by atoms with van der Waals surface area (Å²) in [7, 11) is 0. The number of aromatic nitrogens is 1. The first-order valence-corrected chi connectivity index (χ1v) is 7.97. The van der Waals surface area contributed by atoms with E-state index in [4.69, 9.17) is 4.98 Å². The average Bonchev–Trinajstić information content (AvgIpc) is 2.85. The number of nitrogens with zero attached hydrogens (tertiary/aromatic N) is 1. The zero-order chi connectivity index (χ0) is 13.4. The molecule has 3 heteroatoms. The lowest BCUT2D eigenvalue weighted by Gasteiger charge is -2.28. The number of hydrogen-bond acceptors (Lipinski definition) is 3. The Kier molecular flexibility index (Phi) is 3.84. The van der Waals surface area contributed by atoms with Crippen molar-refractivity contribution in [3.8, 4) is 0 Å². The van der Waals surface area contributed by atoms with Crippen LogP contribution in [-0.2, 0) is 11.0 Å². The van der Waals surface area contributed by atoms with Crippen molar-refractivity contribution in [3.05, 3.63) is 16.1 Å². The van der Waals surface area contributed by atoms with Crippen LogP contribution in [0.1, 0.15) is 64.6 Å². The van der Waals surface area contributed by atoms with Crippen LogP contribution in [0, 0.1) is 5.92 Å². The molecule has 2 unspecified atom stereocenters. The van der Waals surface area contributed by atoms with Crippen molar-refractivity contribution in [2.45, 2.75) is 64.8 Å². The van der Waals surface area contributed by atoms with E-state index in [2.05, 4.69) is 45.3 Å². The first kappa shape index (κ1) is 14.0. The van der Waals surface area contributed by atoms with Gasteiger partial charge in [0.25, 0.3) is 0 Å². The Morgan fingerprint density at radius 1 is 1.50 bits per heavy atom. The standard InChI is InChI=1S/C15H26N2S/c1-6-16-15(8-7-11(2)9-15)13-17-12(10-18-13)14(3,4)5/h10-11,16H,6-9H2,1-5H3. The van der Waals surface area contributed by atoms with Crippen molar-refractivity contribution in [3.63, 3.8) is 0 Å². The molecule has 2 rings (SSSR count). The van der Waals surface area contributed by atoms with Crippen LogP contribution in [0.2, 0.25) is 0 Å². The molecule has 1 aliphatic rings. The number of nitrogens with one attached hydrogen (secondary N) is 1. The molecule has 0 amide bonds. The molecule has 1 fully saturated rings. The predicted octanol–water partition coefficient (Wildman–Crippen LogP) is 4.07. The summed E-state index contributed by atoms with van der Waals surface area (Å²) in [5, 5.41) is 7.27. The smallest absolute Gasteiger partial charge is 0.113 e. The SMILES string of the molecule is CCNC1(c2nc(C(C)(C)C)cs2)CCC(C)C1. The second-order valence-corrected chi connectivity index (χ2v) is 7.61. The summed E-state index contributed by atoms with van der Waals surface area (Å²) >= 11 is 1.84. The van der Waals surface area contributed by atoms with E-state index in [0.717, 1.165) is 12.5 Å². The highest BCUT2D eigenvalue weighted by Crippen LogP contribution is 2.43. The minimum absolute atomic E-state index is 0.155. The molecule has 1 aromatic heterocycles. The Morgan fingerprint density at radius 2 is 2.22 bits per heavy atom. The summed E-state index contributed by atoms with van der Waals surface area (Å²) in [6.07, 6.45) is 3.79. The Morgan fingerprint density at radius 3 is 2.67 bits per heavy atom. The van der Waals surface area contributed by atoms with E-state index in [1.54, 1.807) is 0 Å². The molecule has 18 heavy (non-hydrogen) atoms. The predicted molar refractivity (Wildman–Crippen MR) is 79.2 cm³/mol. The van der Waals surface area contributed by atoms with Gasteiger partial charge in [0.2, 0.25) is 0 Å². The Labute approximate surface area is 115 Å². The van der Waals surface area contributed by atoms with Crippen molar-refractivity contribution in [1.82, 2.24) is 10.3 Å². The third-order valence-corrected chi connectivity index (χ3v) is 5.00. The molecule has 0 aromatic carbocycles. The summed E-state index contributed by atoms with van der Waals surface area (Å²) in [6, 6.07) is 0. The highest BCUT2D eigenvalue weighted by molar-refractivity contribution is 7.09. The molecule has 1 aromatic rings. The third kappa shape index (κ3) is 2.62. The second-order valence-electron chi connectivity index (χ2n) is 6.75.